The molecule has 2 aromatic rings. The van der Waals surface area contributed by atoms with Crippen LogP contribution < -0.4 is 20.7 Å². The first-order chi connectivity index (χ1) is 21.6. The number of nitrogens with one attached hydrogen (secondary N) is 3. The molecule has 0 bridgehead atoms. The second-order valence-corrected chi connectivity index (χ2v) is 11.2. The monoisotopic (exact) mass is 615 g/mol. The fourth-order valence-electron chi connectivity index (χ4n) is 5.61. The average Bonchev–Trinajstić information content (AvgIpc) is 3.57. The number of ketones is 1. The van der Waals surface area contributed by atoms with Crippen molar-refractivity contribution in [1.82, 2.24) is 20.4 Å². The van der Waals surface area contributed by atoms with E-state index in [0.717, 1.165) is 11.3 Å². The summed E-state index contributed by atoms with van der Waals surface area (Å²) in [6.07, 6.45) is 8.74. The quantitative estimate of drug-likeness (QED) is 0.131. The molecule has 4 unspecified atom stereocenters. The van der Waals surface area contributed by atoms with Gasteiger partial charge in [-0.3, -0.25) is 14.4 Å². The number of hydrogen-bond donors (Lipinski definition) is 5. The highest BCUT2D eigenvalue weighted by molar-refractivity contribution is 6.14. The number of allylic oxidation sites excluding steroid dienone is 3. The van der Waals surface area contributed by atoms with Crippen LogP contribution in [0.15, 0.2) is 84.8 Å². The second kappa shape index (κ2) is 14.8. The minimum atomic E-state index is -0.887. The molecule has 11 heteroatoms. The van der Waals surface area contributed by atoms with Crippen molar-refractivity contribution < 1.29 is 29.3 Å². The largest absolute Gasteiger partial charge is 0.482 e. The summed E-state index contributed by atoms with van der Waals surface area (Å²) >= 11 is 0. The van der Waals surface area contributed by atoms with E-state index in [1.807, 2.05) is 38.1 Å². The van der Waals surface area contributed by atoms with Crippen molar-refractivity contribution in [3.63, 3.8) is 0 Å². The fraction of sp³-hybridized carbons (Fsp3) is 0.353. The molecule has 238 valence electrons. The molecule has 2 amide bonds. The predicted octanol–water partition coefficient (Wildman–Crippen LogP) is 3.18. The number of ether oxygens (including phenoxy) is 1. The first-order valence-corrected chi connectivity index (χ1v) is 14.9. The van der Waals surface area contributed by atoms with Gasteiger partial charge in [0, 0.05) is 30.1 Å². The highest BCUT2D eigenvalue weighted by Gasteiger charge is 2.41. The summed E-state index contributed by atoms with van der Waals surface area (Å²) in [7, 11) is 0. The molecule has 0 saturated heterocycles. The summed E-state index contributed by atoms with van der Waals surface area (Å²) in [5, 5.41) is 33.7. The third-order valence-electron chi connectivity index (χ3n) is 7.97. The van der Waals surface area contributed by atoms with E-state index in [1.54, 1.807) is 37.4 Å². The van der Waals surface area contributed by atoms with Crippen molar-refractivity contribution in [2.45, 2.75) is 52.3 Å². The number of amides is 2. The molecule has 5 N–H and O–H groups in total. The molecule has 11 nitrogen and oxygen atoms in total. The van der Waals surface area contributed by atoms with Gasteiger partial charge >= 0.3 is 0 Å². The van der Waals surface area contributed by atoms with E-state index < -0.39 is 30.4 Å². The summed E-state index contributed by atoms with van der Waals surface area (Å²) in [5.74, 6) is -1.05. The predicted molar refractivity (Wildman–Crippen MR) is 172 cm³/mol. The molecule has 4 atom stereocenters. The molecule has 1 aromatic heterocycles. The number of rotatable bonds is 13. The number of carbonyl (C=O) groups excluding carboxylic acids is 3. The Morgan fingerprint density at radius 2 is 2.07 bits per heavy atom. The SMILES string of the molecule is C=CC1C(/C=C(\C)C(=O)CO)CC(O)C1NC(=O)/C(=C/C(=C)/C(=C/CC)NCc1ccc2c(c1)NC(=O)CO2)n1nccc1C. The van der Waals surface area contributed by atoms with Crippen molar-refractivity contribution in [2.75, 3.05) is 18.5 Å². The van der Waals surface area contributed by atoms with Crippen LogP contribution >= 0.6 is 0 Å². The summed E-state index contributed by atoms with van der Waals surface area (Å²) in [6.45, 7) is 13.4. The summed E-state index contributed by atoms with van der Waals surface area (Å²) in [6, 6.07) is 6.68. The van der Waals surface area contributed by atoms with Gasteiger partial charge in [-0.05, 0) is 73.6 Å². The molecule has 1 aliphatic carbocycles. The average molecular weight is 616 g/mol. The number of Topliss-reactive ketones (excluding diaryl/α,β-unsaturated/α-hetero) is 1. The number of hydrogen-bond acceptors (Lipinski definition) is 8. The van der Waals surface area contributed by atoms with Crippen LogP contribution in [0.4, 0.5) is 5.69 Å². The van der Waals surface area contributed by atoms with Gasteiger partial charge in [-0.15, -0.1) is 6.58 Å². The highest BCUT2D eigenvalue weighted by Crippen LogP contribution is 2.35. The number of aryl methyl sites for hydroxylation is 1. The first-order valence-electron chi connectivity index (χ1n) is 14.9. The Balaban J connectivity index is 1.56. The number of benzene rings is 1. The van der Waals surface area contributed by atoms with Crippen molar-refractivity contribution >= 4 is 29.0 Å². The van der Waals surface area contributed by atoms with Gasteiger partial charge in [0.05, 0.1) is 17.8 Å². The smallest absolute Gasteiger partial charge is 0.270 e. The van der Waals surface area contributed by atoms with Gasteiger partial charge < -0.3 is 30.9 Å². The molecule has 1 aromatic carbocycles. The van der Waals surface area contributed by atoms with E-state index in [4.69, 9.17) is 4.74 Å². The lowest BCUT2D eigenvalue weighted by molar-refractivity contribution is -0.119. The Hall–Kier alpha value is -4.74. The van der Waals surface area contributed by atoms with E-state index in [-0.39, 0.29) is 30.0 Å². The molecule has 4 rings (SSSR count). The van der Waals surface area contributed by atoms with E-state index in [9.17, 15) is 24.6 Å². The van der Waals surface area contributed by atoms with Crippen molar-refractivity contribution in [3.8, 4) is 5.75 Å². The Bertz CT molecular complexity index is 1570. The Morgan fingerprint density at radius 1 is 1.29 bits per heavy atom. The fourth-order valence-corrected chi connectivity index (χ4v) is 5.61. The third-order valence-corrected chi connectivity index (χ3v) is 7.97. The maximum absolute atomic E-state index is 13.9. The molecular weight excluding hydrogens is 574 g/mol. The highest BCUT2D eigenvalue weighted by atomic mass is 16.5. The van der Waals surface area contributed by atoms with E-state index in [2.05, 4.69) is 34.2 Å². The van der Waals surface area contributed by atoms with Gasteiger partial charge in [0.25, 0.3) is 11.8 Å². The molecule has 2 heterocycles. The number of nitrogens with zero attached hydrogens (tertiary/aromatic N) is 2. The van der Waals surface area contributed by atoms with Crippen LogP contribution in [0.2, 0.25) is 0 Å². The van der Waals surface area contributed by atoms with Crippen LogP contribution in [0, 0.1) is 18.8 Å². The maximum atomic E-state index is 13.9. The Labute approximate surface area is 263 Å². The maximum Gasteiger partial charge on any atom is 0.270 e. The lowest BCUT2D eigenvalue weighted by Crippen LogP contribution is -2.45. The zero-order chi connectivity index (χ0) is 32.7. The Kier molecular flexibility index (Phi) is 10.9. The van der Waals surface area contributed by atoms with Gasteiger partial charge in [0.15, 0.2) is 12.4 Å². The Morgan fingerprint density at radius 3 is 2.73 bits per heavy atom. The third kappa shape index (κ3) is 7.86. The van der Waals surface area contributed by atoms with Crippen LogP contribution in [0.1, 0.15) is 37.9 Å². The van der Waals surface area contributed by atoms with Crippen LogP contribution in [0.25, 0.3) is 5.70 Å². The topological polar surface area (TPSA) is 155 Å². The lowest BCUT2D eigenvalue weighted by atomic mass is 9.91. The zero-order valence-corrected chi connectivity index (χ0v) is 25.9. The molecule has 1 saturated carbocycles. The van der Waals surface area contributed by atoms with Crippen LogP contribution in [0.5, 0.6) is 5.75 Å². The lowest BCUT2D eigenvalue weighted by Gasteiger charge is -2.24. The molecule has 0 spiro atoms. The first kappa shape index (κ1) is 33.2. The van der Waals surface area contributed by atoms with Crippen LogP contribution in [-0.4, -0.2) is 63.0 Å². The number of anilines is 1. The van der Waals surface area contributed by atoms with Crippen molar-refractivity contribution in [2.24, 2.45) is 11.8 Å². The summed E-state index contributed by atoms with van der Waals surface area (Å²) < 4.78 is 6.97. The summed E-state index contributed by atoms with van der Waals surface area (Å²) in [4.78, 5) is 37.6. The van der Waals surface area contributed by atoms with Gasteiger partial charge in [-0.1, -0.05) is 37.8 Å². The molecule has 1 fully saturated rings. The number of aromatic nitrogens is 2. The van der Waals surface area contributed by atoms with Crippen LogP contribution in [0.3, 0.4) is 0 Å². The second-order valence-electron chi connectivity index (χ2n) is 11.2. The molecule has 1 aliphatic heterocycles. The van der Waals surface area contributed by atoms with Gasteiger partial charge in [-0.25, -0.2) is 4.68 Å². The minimum absolute atomic E-state index is 0.0112. The van der Waals surface area contributed by atoms with Crippen molar-refractivity contribution in [3.05, 3.63) is 96.0 Å². The molecule has 2 aliphatic rings. The van der Waals surface area contributed by atoms with E-state index in [0.29, 0.717) is 47.7 Å². The van der Waals surface area contributed by atoms with Gasteiger partial charge in [0.1, 0.15) is 18.1 Å². The zero-order valence-electron chi connectivity index (χ0n) is 25.9. The number of aliphatic hydroxyl groups excluding tert-OH is 2. The number of aliphatic hydroxyl groups is 2. The molecule has 0 radical (unpaired) electrons. The van der Waals surface area contributed by atoms with E-state index >= 15 is 0 Å². The van der Waals surface area contributed by atoms with Gasteiger partial charge in [0.2, 0.25) is 0 Å². The molecular formula is C34H41N5O6. The number of fused-ring (bicyclic) bond motifs is 1. The van der Waals surface area contributed by atoms with E-state index in [1.165, 1.54) is 4.68 Å². The normalized spacial score (nSPS) is 21.8. The van der Waals surface area contributed by atoms with Crippen LogP contribution in [-0.2, 0) is 20.9 Å². The van der Waals surface area contributed by atoms with Gasteiger partial charge in [-0.2, -0.15) is 5.10 Å². The molecule has 45 heavy (non-hydrogen) atoms. The summed E-state index contributed by atoms with van der Waals surface area (Å²) in [5.41, 5.74) is 4.10. The minimum Gasteiger partial charge on any atom is -0.482 e. The number of carbonyl (C=O) groups is 3. The standard InChI is InChI=1S/C34H41N5O6/c1-6-8-26(35-17-23-9-10-31-27(15-23)37-32(43)19-45-31)20(3)14-28(39-22(5)11-12-36-39)34(44)38-33-25(7-2)24(16-29(33)41)13-21(4)30(42)18-40/h7-15,24-25,29,33,35,40-41H,2-3,6,16-19H2,1,4-5H3,(H,37,43)(H,38,44)/b21-13+,26-8-,28-14-. The van der Waals surface area contributed by atoms with Crippen molar-refractivity contribution in [1.29, 1.82) is 0 Å².